The maximum absolute atomic E-state index is 6.00. The first-order valence-corrected chi connectivity index (χ1v) is 5.43. The van der Waals surface area contributed by atoms with Gasteiger partial charge in [0.15, 0.2) is 0 Å². The molecular formula is C13H19N. The van der Waals surface area contributed by atoms with Gasteiger partial charge in [-0.05, 0) is 42.7 Å². The quantitative estimate of drug-likeness (QED) is 0.722. The van der Waals surface area contributed by atoms with Crippen molar-refractivity contribution >= 4 is 0 Å². The Hall–Kier alpha value is -0.820. The lowest BCUT2D eigenvalue weighted by atomic mass is 9.79. The summed E-state index contributed by atoms with van der Waals surface area (Å²) in [7, 11) is 0. The van der Waals surface area contributed by atoms with Crippen molar-refractivity contribution in [1.82, 2.24) is 0 Å². The van der Waals surface area contributed by atoms with Gasteiger partial charge in [-0.15, -0.1) is 0 Å². The van der Waals surface area contributed by atoms with Crippen LogP contribution in [0, 0.1) is 6.92 Å². The summed E-state index contributed by atoms with van der Waals surface area (Å²) in [5.41, 5.74) is 9.22. The number of aryl methyl sites for hydroxylation is 1. The summed E-state index contributed by atoms with van der Waals surface area (Å²) >= 11 is 0. The molecule has 1 heteroatoms. The molecule has 2 N–H and O–H groups in total. The molecule has 1 nitrogen and oxygen atoms in total. The van der Waals surface area contributed by atoms with Crippen LogP contribution in [0.2, 0.25) is 0 Å². The minimum atomic E-state index is 0.324. The Balaban J connectivity index is 2.35. The maximum atomic E-state index is 6.00. The highest BCUT2D eigenvalue weighted by atomic mass is 14.7. The monoisotopic (exact) mass is 189 g/mol. The van der Waals surface area contributed by atoms with Crippen LogP contribution < -0.4 is 5.73 Å². The molecule has 2 atom stereocenters. The van der Waals surface area contributed by atoms with Crippen molar-refractivity contribution in [3.8, 4) is 0 Å². The van der Waals surface area contributed by atoms with E-state index in [9.17, 15) is 0 Å². The third-order valence-corrected chi connectivity index (χ3v) is 3.57. The maximum Gasteiger partial charge on any atom is 0.00475 e. The Morgan fingerprint density at radius 1 is 1.36 bits per heavy atom. The predicted molar refractivity (Wildman–Crippen MR) is 60.4 cm³/mol. The molecule has 1 aliphatic carbocycles. The van der Waals surface area contributed by atoms with Gasteiger partial charge in [0.05, 0.1) is 0 Å². The lowest BCUT2D eigenvalue weighted by Crippen LogP contribution is -2.23. The molecule has 0 radical (unpaired) electrons. The van der Waals surface area contributed by atoms with Crippen LogP contribution in [-0.4, -0.2) is 6.04 Å². The minimum absolute atomic E-state index is 0.324. The molecule has 0 aliphatic heterocycles. The molecule has 1 saturated carbocycles. The largest absolute Gasteiger partial charge is 0.328 e. The molecule has 1 fully saturated rings. The second-order valence-corrected chi connectivity index (χ2v) is 4.88. The molecule has 0 heterocycles. The number of nitrogens with two attached hydrogens (primary N) is 1. The van der Waals surface area contributed by atoms with E-state index in [2.05, 4.69) is 38.1 Å². The summed E-state index contributed by atoms with van der Waals surface area (Å²) in [6, 6.07) is 9.10. The minimum Gasteiger partial charge on any atom is -0.328 e. The normalized spacial score (nSPS) is 32.1. The van der Waals surface area contributed by atoms with Crippen LogP contribution in [-0.2, 0) is 5.41 Å². The molecule has 0 saturated heterocycles. The molecule has 2 unspecified atom stereocenters. The SMILES string of the molecule is Cc1ccccc1C1(C)CCC(N)C1. The Labute approximate surface area is 86.3 Å². The smallest absolute Gasteiger partial charge is 0.00475 e. The van der Waals surface area contributed by atoms with Crippen molar-refractivity contribution < 1.29 is 0 Å². The number of rotatable bonds is 1. The highest BCUT2D eigenvalue weighted by molar-refractivity contribution is 5.34. The van der Waals surface area contributed by atoms with Gasteiger partial charge in [-0.25, -0.2) is 0 Å². The summed E-state index contributed by atoms with van der Waals surface area (Å²) < 4.78 is 0. The van der Waals surface area contributed by atoms with Gasteiger partial charge in [0, 0.05) is 6.04 Å². The third kappa shape index (κ3) is 1.57. The zero-order chi connectivity index (χ0) is 10.2. The van der Waals surface area contributed by atoms with E-state index in [4.69, 9.17) is 5.73 Å². The van der Waals surface area contributed by atoms with Gasteiger partial charge in [-0.1, -0.05) is 31.2 Å². The van der Waals surface area contributed by atoms with Crippen LogP contribution in [0.15, 0.2) is 24.3 Å². The molecule has 0 spiro atoms. The zero-order valence-corrected chi connectivity index (χ0v) is 9.09. The summed E-state index contributed by atoms with van der Waals surface area (Å²) in [5, 5.41) is 0. The molecule has 0 aromatic heterocycles. The molecule has 0 bridgehead atoms. The Bertz CT molecular complexity index is 332. The first kappa shape index (κ1) is 9.72. The standard InChI is InChI=1S/C13H19N/c1-10-5-3-4-6-12(10)13(2)8-7-11(14)9-13/h3-6,11H,7-9,14H2,1-2H3. The second-order valence-electron chi connectivity index (χ2n) is 4.88. The van der Waals surface area contributed by atoms with Gasteiger partial charge in [0.25, 0.3) is 0 Å². The Morgan fingerprint density at radius 2 is 2.07 bits per heavy atom. The van der Waals surface area contributed by atoms with Crippen molar-refractivity contribution in [2.24, 2.45) is 5.73 Å². The third-order valence-electron chi connectivity index (χ3n) is 3.57. The van der Waals surface area contributed by atoms with Crippen LogP contribution in [0.25, 0.3) is 0 Å². The average molecular weight is 189 g/mol. The second kappa shape index (κ2) is 3.39. The van der Waals surface area contributed by atoms with Gasteiger partial charge >= 0.3 is 0 Å². The molecule has 2 rings (SSSR count). The van der Waals surface area contributed by atoms with E-state index >= 15 is 0 Å². The lowest BCUT2D eigenvalue weighted by molar-refractivity contribution is 0.479. The molecule has 76 valence electrons. The van der Waals surface area contributed by atoms with Gasteiger partial charge in [0.2, 0.25) is 0 Å². The summed E-state index contributed by atoms with van der Waals surface area (Å²) in [6.45, 7) is 4.55. The van der Waals surface area contributed by atoms with Gasteiger partial charge in [0.1, 0.15) is 0 Å². The van der Waals surface area contributed by atoms with E-state index in [1.54, 1.807) is 0 Å². The lowest BCUT2D eigenvalue weighted by Gasteiger charge is -2.26. The predicted octanol–water partition coefficient (Wildman–Crippen LogP) is 2.76. The number of benzene rings is 1. The fourth-order valence-corrected chi connectivity index (χ4v) is 2.78. The molecule has 0 amide bonds. The summed E-state index contributed by atoms with van der Waals surface area (Å²) in [4.78, 5) is 0. The topological polar surface area (TPSA) is 26.0 Å². The molecule has 1 aromatic carbocycles. The molecule has 1 aliphatic rings. The summed E-state index contributed by atoms with van der Waals surface area (Å²) in [5.74, 6) is 0. The van der Waals surface area contributed by atoms with Crippen molar-refractivity contribution in [2.75, 3.05) is 0 Å². The summed E-state index contributed by atoms with van der Waals surface area (Å²) in [6.07, 6.45) is 3.54. The van der Waals surface area contributed by atoms with Crippen LogP contribution in [0.5, 0.6) is 0 Å². The average Bonchev–Trinajstić information content (AvgIpc) is 2.48. The highest BCUT2D eigenvalue weighted by Gasteiger charge is 2.35. The van der Waals surface area contributed by atoms with Crippen LogP contribution in [0.4, 0.5) is 0 Å². The van der Waals surface area contributed by atoms with Gasteiger partial charge < -0.3 is 5.73 Å². The molecular weight excluding hydrogens is 170 g/mol. The number of hydrogen-bond donors (Lipinski definition) is 1. The van der Waals surface area contributed by atoms with Gasteiger partial charge in [-0.2, -0.15) is 0 Å². The first-order chi connectivity index (χ1) is 6.62. The molecule has 1 aromatic rings. The van der Waals surface area contributed by atoms with Crippen LogP contribution in [0.1, 0.15) is 37.3 Å². The Morgan fingerprint density at radius 3 is 2.64 bits per heavy atom. The van der Waals surface area contributed by atoms with E-state index < -0.39 is 0 Å². The van der Waals surface area contributed by atoms with Crippen molar-refractivity contribution in [3.63, 3.8) is 0 Å². The van der Waals surface area contributed by atoms with Crippen molar-refractivity contribution in [2.45, 2.75) is 44.6 Å². The molecule has 14 heavy (non-hydrogen) atoms. The van der Waals surface area contributed by atoms with Crippen LogP contribution in [0.3, 0.4) is 0 Å². The van der Waals surface area contributed by atoms with E-state index in [-0.39, 0.29) is 0 Å². The highest BCUT2D eigenvalue weighted by Crippen LogP contribution is 2.41. The fourth-order valence-electron chi connectivity index (χ4n) is 2.78. The van der Waals surface area contributed by atoms with Crippen molar-refractivity contribution in [3.05, 3.63) is 35.4 Å². The van der Waals surface area contributed by atoms with Crippen LogP contribution >= 0.6 is 0 Å². The van der Waals surface area contributed by atoms with E-state index in [1.165, 1.54) is 24.0 Å². The first-order valence-electron chi connectivity index (χ1n) is 5.43. The Kier molecular flexibility index (Phi) is 2.36. The van der Waals surface area contributed by atoms with E-state index in [0.717, 1.165) is 6.42 Å². The fraction of sp³-hybridized carbons (Fsp3) is 0.538. The van der Waals surface area contributed by atoms with Gasteiger partial charge in [-0.3, -0.25) is 0 Å². The van der Waals surface area contributed by atoms with Crippen molar-refractivity contribution in [1.29, 1.82) is 0 Å². The zero-order valence-electron chi connectivity index (χ0n) is 9.09. The van der Waals surface area contributed by atoms with E-state index in [0.29, 0.717) is 11.5 Å². The number of hydrogen-bond acceptors (Lipinski definition) is 1. The van der Waals surface area contributed by atoms with E-state index in [1.807, 2.05) is 0 Å².